The van der Waals surface area contributed by atoms with E-state index in [-0.39, 0.29) is 17.2 Å². The van der Waals surface area contributed by atoms with Crippen molar-refractivity contribution in [1.82, 2.24) is 4.31 Å². The second kappa shape index (κ2) is 9.24. The van der Waals surface area contributed by atoms with E-state index >= 15 is 0 Å². The molecule has 1 aliphatic heterocycles. The molecule has 0 saturated carbocycles. The molecule has 150 valence electrons. The van der Waals surface area contributed by atoms with Crippen LogP contribution in [0, 0.1) is 0 Å². The molecule has 3 rings (SSSR count). The second-order valence-corrected chi connectivity index (χ2v) is 9.11. The minimum atomic E-state index is -3.61. The summed E-state index contributed by atoms with van der Waals surface area (Å²) in [6.07, 6.45) is 0.662. The Kier molecular flexibility index (Phi) is 6.95. The summed E-state index contributed by atoms with van der Waals surface area (Å²) >= 11 is 12.0. The SMILES string of the molecule is O=C(CCc1ccc(Cl)cc1Cl)Nc1cccc(S(=O)(=O)N2CCOCC2)c1. The molecule has 1 aliphatic rings. The second-order valence-electron chi connectivity index (χ2n) is 6.33. The van der Waals surface area contributed by atoms with E-state index in [9.17, 15) is 13.2 Å². The van der Waals surface area contributed by atoms with Crippen molar-refractivity contribution < 1.29 is 17.9 Å². The summed E-state index contributed by atoms with van der Waals surface area (Å²) in [5, 5.41) is 3.79. The number of halogens is 2. The number of ether oxygens (including phenoxy) is 1. The number of nitrogens with one attached hydrogen (secondary N) is 1. The van der Waals surface area contributed by atoms with Crippen LogP contribution in [-0.2, 0) is 26.0 Å². The summed E-state index contributed by atoms with van der Waals surface area (Å²) in [6, 6.07) is 11.4. The minimum absolute atomic E-state index is 0.146. The third-order valence-electron chi connectivity index (χ3n) is 4.36. The van der Waals surface area contributed by atoms with Gasteiger partial charge in [-0.2, -0.15) is 4.31 Å². The quantitative estimate of drug-likeness (QED) is 0.741. The van der Waals surface area contributed by atoms with E-state index in [2.05, 4.69) is 5.32 Å². The maximum atomic E-state index is 12.7. The number of nitrogens with zero attached hydrogens (tertiary/aromatic N) is 1. The Morgan fingerprint density at radius 1 is 1.11 bits per heavy atom. The molecule has 9 heteroatoms. The number of morpholine rings is 1. The van der Waals surface area contributed by atoms with E-state index in [0.717, 1.165) is 5.56 Å². The number of benzene rings is 2. The van der Waals surface area contributed by atoms with Crippen molar-refractivity contribution in [2.75, 3.05) is 31.6 Å². The maximum Gasteiger partial charge on any atom is 0.243 e. The normalized spacial score (nSPS) is 15.4. The predicted molar refractivity (Wildman–Crippen MR) is 109 cm³/mol. The number of aryl methyl sites for hydroxylation is 1. The summed E-state index contributed by atoms with van der Waals surface area (Å²) in [7, 11) is -3.61. The van der Waals surface area contributed by atoms with Gasteiger partial charge in [-0.3, -0.25) is 4.79 Å². The molecule has 1 N–H and O–H groups in total. The molecule has 1 amide bonds. The first kappa shape index (κ1) is 21.1. The molecule has 0 aromatic heterocycles. The Morgan fingerprint density at radius 2 is 1.86 bits per heavy atom. The first-order chi connectivity index (χ1) is 13.4. The van der Waals surface area contributed by atoms with Crippen molar-refractivity contribution in [3.63, 3.8) is 0 Å². The molecule has 1 heterocycles. The van der Waals surface area contributed by atoms with Crippen molar-refractivity contribution >= 4 is 44.8 Å². The average molecular weight is 443 g/mol. The highest BCUT2D eigenvalue weighted by molar-refractivity contribution is 7.89. The van der Waals surface area contributed by atoms with Crippen molar-refractivity contribution in [1.29, 1.82) is 0 Å². The fourth-order valence-corrected chi connectivity index (χ4v) is 4.82. The first-order valence-corrected chi connectivity index (χ1v) is 11.0. The van der Waals surface area contributed by atoms with Gasteiger partial charge in [0.1, 0.15) is 0 Å². The first-order valence-electron chi connectivity index (χ1n) is 8.78. The van der Waals surface area contributed by atoms with E-state index < -0.39 is 10.0 Å². The Balaban J connectivity index is 1.64. The van der Waals surface area contributed by atoms with Crippen LogP contribution in [0.5, 0.6) is 0 Å². The molecule has 1 saturated heterocycles. The Labute approximate surface area is 174 Å². The lowest BCUT2D eigenvalue weighted by molar-refractivity contribution is -0.116. The number of carbonyl (C=O) groups is 1. The zero-order valence-corrected chi connectivity index (χ0v) is 17.4. The lowest BCUT2D eigenvalue weighted by Gasteiger charge is -2.26. The number of carbonyl (C=O) groups excluding carboxylic acids is 1. The van der Waals surface area contributed by atoms with Gasteiger partial charge in [0.2, 0.25) is 15.9 Å². The minimum Gasteiger partial charge on any atom is -0.379 e. The van der Waals surface area contributed by atoms with E-state index in [0.29, 0.717) is 48.5 Å². The standard InChI is InChI=1S/C19H20Cl2N2O4S/c20-15-6-4-14(18(21)12-15)5-7-19(24)22-16-2-1-3-17(13-16)28(25,26)23-8-10-27-11-9-23/h1-4,6,12-13H,5,7-11H2,(H,22,24). The molecule has 0 spiro atoms. The third kappa shape index (κ3) is 5.24. The lowest BCUT2D eigenvalue weighted by atomic mass is 10.1. The zero-order valence-electron chi connectivity index (χ0n) is 15.0. The molecular formula is C19H20Cl2N2O4S. The van der Waals surface area contributed by atoms with Crippen molar-refractivity contribution in [3.8, 4) is 0 Å². The van der Waals surface area contributed by atoms with Gasteiger partial charge < -0.3 is 10.1 Å². The van der Waals surface area contributed by atoms with Crippen LogP contribution in [0.15, 0.2) is 47.4 Å². The fourth-order valence-electron chi connectivity index (χ4n) is 2.87. The maximum absolute atomic E-state index is 12.7. The van der Waals surface area contributed by atoms with Gasteiger partial charge >= 0.3 is 0 Å². The van der Waals surface area contributed by atoms with Crippen LogP contribution in [0.3, 0.4) is 0 Å². The summed E-state index contributed by atoms with van der Waals surface area (Å²) in [5.41, 5.74) is 1.26. The highest BCUT2D eigenvalue weighted by Crippen LogP contribution is 2.23. The van der Waals surface area contributed by atoms with Crippen molar-refractivity contribution in [2.24, 2.45) is 0 Å². The molecule has 6 nitrogen and oxygen atoms in total. The highest BCUT2D eigenvalue weighted by atomic mass is 35.5. The van der Waals surface area contributed by atoms with Crippen LogP contribution < -0.4 is 5.32 Å². The smallest absolute Gasteiger partial charge is 0.243 e. The molecule has 0 atom stereocenters. The van der Waals surface area contributed by atoms with Crippen LogP contribution in [0.4, 0.5) is 5.69 Å². The van der Waals surface area contributed by atoms with Crippen molar-refractivity contribution in [3.05, 3.63) is 58.1 Å². The van der Waals surface area contributed by atoms with Crippen LogP contribution in [0.1, 0.15) is 12.0 Å². The van der Waals surface area contributed by atoms with Crippen LogP contribution >= 0.6 is 23.2 Å². The molecule has 1 fully saturated rings. The molecule has 28 heavy (non-hydrogen) atoms. The zero-order chi connectivity index (χ0) is 20.1. The van der Waals surface area contributed by atoms with E-state index in [1.165, 1.54) is 16.4 Å². The van der Waals surface area contributed by atoms with Gasteiger partial charge in [-0.1, -0.05) is 35.3 Å². The van der Waals surface area contributed by atoms with Gasteiger partial charge in [0.05, 0.1) is 18.1 Å². The van der Waals surface area contributed by atoms with Gasteiger partial charge in [0.15, 0.2) is 0 Å². The topological polar surface area (TPSA) is 75.7 Å². The molecule has 0 aliphatic carbocycles. The monoisotopic (exact) mass is 442 g/mol. The van der Waals surface area contributed by atoms with E-state index in [1.54, 1.807) is 30.3 Å². The van der Waals surface area contributed by atoms with Gasteiger partial charge in [0, 0.05) is 35.2 Å². The molecule has 2 aromatic rings. The molecule has 0 unspecified atom stereocenters. The largest absolute Gasteiger partial charge is 0.379 e. The summed E-state index contributed by atoms with van der Waals surface area (Å²) < 4.78 is 32.1. The number of sulfonamides is 1. The third-order valence-corrected chi connectivity index (χ3v) is 6.84. The number of rotatable bonds is 6. The number of anilines is 1. The number of hydrogen-bond acceptors (Lipinski definition) is 4. The van der Waals surface area contributed by atoms with Crippen LogP contribution in [-0.4, -0.2) is 44.9 Å². The van der Waals surface area contributed by atoms with Gasteiger partial charge in [-0.15, -0.1) is 0 Å². The van der Waals surface area contributed by atoms with Crippen LogP contribution in [0.2, 0.25) is 10.0 Å². The summed E-state index contributed by atoms with van der Waals surface area (Å²) in [4.78, 5) is 12.4. The van der Waals surface area contributed by atoms with E-state index in [1.807, 2.05) is 0 Å². The highest BCUT2D eigenvalue weighted by Gasteiger charge is 2.26. The van der Waals surface area contributed by atoms with Gasteiger partial charge in [0.25, 0.3) is 0 Å². The molecular weight excluding hydrogens is 423 g/mol. The molecule has 0 radical (unpaired) electrons. The van der Waals surface area contributed by atoms with Crippen molar-refractivity contribution in [2.45, 2.75) is 17.7 Å². The fraction of sp³-hybridized carbons (Fsp3) is 0.316. The van der Waals surface area contributed by atoms with Gasteiger partial charge in [-0.25, -0.2) is 8.42 Å². The predicted octanol–water partition coefficient (Wildman–Crippen LogP) is 3.59. The Bertz CT molecular complexity index is 960. The Hall–Kier alpha value is -1.64. The summed E-state index contributed by atoms with van der Waals surface area (Å²) in [6.45, 7) is 1.40. The molecule has 0 bridgehead atoms. The van der Waals surface area contributed by atoms with Gasteiger partial charge in [-0.05, 0) is 42.3 Å². The number of hydrogen-bond donors (Lipinski definition) is 1. The molecule has 2 aromatic carbocycles. The lowest BCUT2D eigenvalue weighted by Crippen LogP contribution is -2.40. The van der Waals surface area contributed by atoms with E-state index in [4.69, 9.17) is 27.9 Å². The number of amides is 1. The van der Waals surface area contributed by atoms with Crippen LogP contribution in [0.25, 0.3) is 0 Å². The average Bonchev–Trinajstić information content (AvgIpc) is 2.68. The summed E-state index contributed by atoms with van der Waals surface area (Å²) in [5.74, 6) is -0.230. The Morgan fingerprint density at radius 3 is 2.57 bits per heavy atom.